The van der Waals surface area contributed by atoms with E-state index in [1.165, 1.54) is 0 Å². The van der Waals surface area contributed by atoms with Crippen molar-refractivity contribution in [2.24, 2.45) is 15.7 Å². The van der Waals surface area contributed by atoms with Gasteiger partial charge in [-0.25, -0.2) is 4.99 Å². The summed E-state index contributed by atoms with van der Waals surface area (Å²) < 4.78 is 0. The predicted molar refractivity (Wildman–Crippen MR) is 61.7 cm³/mol. The zero-order chi connectivity index (χ0) is 11.5. The van der Waals surface area contributed by atoms with Crippen LogP contribution in [0.3, 0.4) is 0 Å². The van der Waals surface area contributed by atoms with Crippen LogP contribution in [0.1, 0.15) is 26.2 Å². The quantitative estimate of drug-likeness (QED) is 0.618. The number of rotatable bonds is 3. The van der Waals surface area contributed by atoms with Gasteiger partial charge >= 0.3 is 0 Å². The molecular formula is C10H15N5O. The fraction of sp³-hybridized carbons (Fsp3) is 0.500. The van der Waals surface area contributed by atoms with Crippen LogP contribution in [0.5, 0.6) is 0 Å². The Morgan fingerprint density at radius 2 is 2.38 bits per heavy atom. The monoisotopic (exact) mass is 221 g/mol. The first-order valence-corrected chi connectivity index (χ1v) is 5.39. The van der Waals surface area contributed by atoms with Crippen molar-refractivity contribution < 1.29 is 4.79 Å². The van der Waals surface area contributed by atoms with Crippen LogP contribution in [0.4, 0.5) is 0 Å². The van der Waals surface area contributed by atoms with E-state index in [0.29, 0.717) is 5.84 Å². The third-order valence-electron chi connectivity index (χ3n) is 2.49. The minimum Gasteiger partial charge on any atom is -0.370 e. The largest absolute Gasteiger partial charge is 0.370 e. The molecule has 0 aliphatic carbocycles. The second-order valence-corrected chi connectivity index (χ2v) is 3.81. The minimum absolute atomic E-state index is 0.104. The third kappa shape index (κ3) is 2.05. The van der Waals surface area contributed by atoms with E-state index in [9.17, 15) is 4.79 Å². The van der Waals surface area contributed by atoms with Crippen LogP contribution in [-0.2, 0) is 4.79 Å². The molecular weight excluding hydrogens is 206 g/mol. The smallest absolute Gasteiger partial charge is 0.257 e. The molecule has 0 saturated carbocycles. The summed E-state index contributed by atoms with van der Waals surface area (Å²) in [7, 11) is 0. The first kappa shape index (κ1) is 10.7. The Morgan fingerprint density at radius 1 is 1.56 bits per heavy atom. The molecule has 16 heavy (non-hydrogen) atoms. The molecule has 2 heterocycles. The van der Waals surface area contributed by atoms with Crippen LogP contribution in [0.25, 0.3) is 0 Å². The highest BCUT2D eigenvalue weighted by atomic mass is 16.2. The average Bonchev–Trinajstić information content (AvgIpc) is 2.26. The Labute approximate surface area is 93.7 Å². The van der Waals surface area contributed by atoms with Crippen molar-refractivity contribution >= 4 is 17.7 Å². The van der Waals surface area contributed by atoms with Crippen molar-refractivity contribution in [1.29, 1.82) is 0 Å². The topological polar surface area (TPSA) is 91.9 Å². The van der Waals surface area contributed by atoms with Crippen molar-refractivity contribution in [3.05, 3.63) is 11.9 Å². The molecule has 0 aromatic carbocycles. The summed E-state index contributed by atoms with van der Waals surface area (Å²) in [6, 6.07) is -0.496. The molecule has 1 amide bonds. The lowest BCUT2D eigenvalue weighted by molar-refractivity contribution is -0.120. The molecule has 6 nitrogen and oxygen atoms in total. The molecule has 4 N–H and O–H groups in total. The van der Waals surface area contributed by atoms with Gasteiger partial charge in [-0.05, 0) is 12.8 Å². The number of hydrogen-bond acceptors (Lipinski definition) is 5. The van der Waals surface area contributed by atoms with E-state index < -0.39 is 6.04 Å². The van der Waals surface area contributed by atoms with Gasteiger partial charge in [-0.3, -0.25) is 10.1 Å². The number of carbonyl (C=O) groups excluding carboxylic acids is 1. The third-order valence-corrected chi connectivity index (χ3v) is 2.49. The van der Waals surface area contributed by atoms with Gasteiger partial charge in [0, 0.05) is 11.9 Å². The number of aliphatic imine (C=N–C) groups is 2. The Balaban J connectivity index is 2.15. The summed E-state index contributed by atoms with van der Waals surface area (Å²) in [6.45, 7) is 2.12. The molecule has 2 aliphatic heterocycles. The van der Waals surface area contributed by atoms with E-state index in [4.69, 9.17) is 5.73 Å². The number of amides is 1. The number of nitrogens with two attached hydrogens (primary N) is 1. The van der Waals surface area contributed by atoms with Gasteiger partial charge in [0.1, 0.15) is 0 Å². The molecule has 0 spiro atoms. The summed E-state index contributed by atoms with van der Waals surface area (Å²) in [6.07, 6.45) is 4.80. The lowest BCUT2D eigenvalue weighted by Gasteiger charge is -2.26. The predicted octanol–water partition coefficient (Wildman–Crippen LogP) is -0.167. The number of unbranched alkanes of at least 4 members (excludes halogenated alkanes) is 1. The van der Waals surface area contributed by atoms with Crippen LogP contribution >= 0.6 is 0 Å². The van der Waals surface area contributed by atoms with Crippen molar-refractivity contribution in [1.82, 2.24) is 10.6 Å². The van der Waals surface area contributed by atoms with E-state index in [1.807, 2.05) is 0 Å². The minimum atomic E-state index is -0.496. The summed E-state index contributed by atoms with van der Waals surface area (Å²) in [5.41, 5.74) is 6.41. The van der Waals surface area contributed by atoms with Crippen molar-refractivity contribution in [3.8, 4) is 0 Å². The second-order valence-electron chi connectivity index (χ2n) is 3.81. The van der Waals surface area contributed by atoms with Crippen LogP contribution in [0.15, 0.2) is 21.9 Å². The number of fused-ring (bicyclic) bond motifs is 1. The highest BCUT2D eigenvalue weighted by Crippen LogP contribution is 2.12. The maximum absolute atomic E-state index is 11.6. The van der Waals surface area contributed by atoms with Gasteiger partial charge in [-0.2, -0.15) is 4.99 Å². The fourth-order valence-corrected chi connectivity index (χ4v) is 1.64. The Kier molecular flexibility index (Phi) is 2.89. The second kappa shape index (κ2) is 4.34. The Morgan fingerprint density at radius 3 is 3.12 bits per heavy atom. The maximum atomic E-state index is 11.6. The van der Waals surface area contributed by atoms with Gasteiger partial charge in [0.05, 0.1) is 0 Å². The summed E-state index contributed by atoms with van der Waals surface area (Å²) >= 11 is 0. The van der Waals surface area contributed by atoms with Crippen LogP contribution in [-0.4, -0.2) is 23.7 Å². The van der Waals surface area contributed by atoms with Crippen LogP contribution in [0, 0.1) is 0 Å². The molecule has 0 fully saturated rings. The first-order valence-electron chi connectivity index (χ1n) is 5.39. The normalized spacial score (nSPS) is 23.4. The first-order chi connectivity index (χ1) is 7.70. The molecule has 86 valence electrons. The van der Waals surface area contributed by atoms with Gasteiger partial charge < -0.3 is 11.1 Å². The number of nitrogens with one attached hydrogen (secondary N) is 2. The molecule has 0 aromatic rings. The van der Waals surface area contributed by atoms with Crippen LogP contribution in [0.2, 0.25) is 0 Å². The van der Waals surface area contributed by atoms with E-state index >= 15 is 0 Å². The highest BCUT2D eigenvalue weighted by molar-refractivity contribution is 6.19. The molecule has 2 aliphatic rings. The molecule has 0 radical (unpaired) electrons. The molecule has 0 saturated heterocycles. The molecule has 1 unspecified atom stereocenters. The Hall–Kier alpha value is -1.85. The standard InChI is InChI=1S/C10H15N5O/c1-2-3-4-6-5-12-8-7(13-6)9(16)15-10(11)14-8/h5,7,13H,2-4H2,1H3,(H3,11,12,14,15,16). The van der Waals surface area contributed by atoms with Gasteiger partial charge in [0.15, 0.2) is 11.9 Å². The number of amidine groups is 1. The van der Waals surface area contributed by atoms with Gasteiger partial charge in [0.25, 0.3) is 5.91 Å². The van der Waals surface area contributed by atoms with Crippen molar-refractivity contribution in [3.63, 3.8) is 0 Å². The van der Waals surface area contributed by atoms with Gasteiger partial charge in [0.2, 0.25) is 5.96 Å². The maximum Gasteiger partial charge on any atom is 0.257 e. The van der Waals surface area contributed by atoms with E-state index in [1.54, 1.807) is 6.20 Å². The molecule has 6 heteroatoms. The number of nitrogens with zero attached hydrogens (tertiary/aromatic N) is 2. The number of hydrogen-bond donors (Lipinski definition) is 3. The Bertz CT molecular complexity index is 396. The zero-order valence-corrected chi connectivity index (χ0v) is 9.16. The zero-order valence-electron chi connectivity index (χ0n) is 9.16. The highest BCUT2D eigenvalue weighted by Gasteiger charge is 2.31. The lowest BCUT2D eigenvalue weighted by atomic mass is 10.1. The summed E-state index contributed by atoms with van der Waals surface area (Å²) in [4.78, 5) is 19.7. The number of carbonyl (C=O) groups is 1. The molecule has 0 aromatic heterocycles. The van der Waals surface area contributed by atoms with E-state index in [2.05, 4.69) is 27.5 Å². The number of guanidine groups is 1. The fourth-order valence-electron chi connectivity index (χ4n) is 1.64. The van der Waals surface area contributed by atoms with Gasteiger partial charge in [-0.15, -0.1) is 0 Å². The lowest BCUT2D eigenvalue weighted by Crippen LogP contribution is -2.56. The molecule has 2 rings (SSSR count). The average molecular weight is 221 g/mol. The van der Waals surface area contributed by atoms with Crippen LogP contribution < -0.4 is 16.4 Å². The van der Waals surface area contributed by atoms with E-state index in [0.717, 1.165) is 25.0 Å². The summed E-state index contributed by atoms with van der Waals surface area (Å²) in [5, 5.41) is 5.59. The van der Waals surface area contributed by atoms with Gasteiger partial charge in [-0.1, -0.05) is 13.3 Å². The summed E-state index contributed by atoms with van der Waals surface area (Å²) in [5.74, 6) is 0.335. The van der Waals surface area contributed by atoms with E-state index in [-0.39, 0.29) is 11.9 Å². The molecule has 1 atom stereocenters. The molecule has 0 bridgehead atoms. The van der Waals surface area contributed by atoms with Crippen molar-refractivity contribution in [2.75, 3.05) is 0 Å². The van der Waals surface area contributed by atoms with Crippen molar-refractivity contribution in [2.45, 2.75) is 32.2 Å². The number of allylic oxidation sites excluding steroid dienone is 1. The SMILES string of the molecule is CCCCC1=CN=C2N=C(N)NC(=O)C2N1.